The number of rotatable bonds is 4. The fraction of sp³-hybridized carbons (Fsp3) is 0.462. The van der Waals surface area contributed by atoms with Gasteiger partial charge in [0.2, 0.25) is 0 Å². The minimum Gasteiger partial charge on any atom is -0.478 e. The minimum atomic E-state index is -0.954. The van der Waals surface area contributed by atoms with E-state index in [0.717, 1.165) is 5.69 Å². The summed E-state index contributed by atoms with van der Waals surface area (Å²) in [5, 5.41) is 12.3. The summed E-state index contributed by atoms with van der Waals surface area (Å²) < 4.78 is 0. The molecule has 0 spiro atoms. The predicted octanol–water partition coefficient (Wildman–Crippen LogP) is 2.57. The van der Waals surface area contributed by atoms with Gasteiger partial charge in [0.1, 0.15) is 0 Å². The number of hydrogen-bond acceptors (Lipinski definition) is 3. The first-order valence-corrected chi connectivity index (χ1v) is 5.81. The molecule has 1 aromatic carbocycles. The van der Waals surface area contributed by atoms with Crippen LogP contribution in [-0.4, -0.2) is 16.6 Å². The molecule has 17 heavy (non-hydrogen) atoms. The number of hydrogen-bond donors (Lipinski definition) is 3. The molecule has 0 saturated heterocycles. The molecule has 0 aliphatic heterocycles. The number of aromatic carboxylic acids is 1. The van der Waals surface area contributed by atoms with Gasteiger partial charge in [0.25, 0.3) is 0 Å². The topological polar surface area (TPSA) is 75.3 Å². The largest absolute Gasteiger partial charge is 0.478 e. The lowest BCUT2D eigenvalue weighted by atomic mass is 9.98. The molecular weight excluding hydrogens is 216 g/mol. The first kappa shape index (κ1) is 11.8. The van der Waals surface area contributed by atoms with Crippen LogP contribution in [-0.2, 0) is 0 Å². The van der Waals surface area contributed by atoms with Crippen LogP contribution in [0, 0.1) is 5.92 Å². The van der Waals surface area contributed by atoms with E-state index >= 15 is 0 Å². The molecule has 0 aromatic heterocycles. The Morgan fingerprint density at radius 1 is 1.47 bits per heavy atom. The maximum absolute atomic E-state index is 10.8. The summed E-state index contributed by atoms with van der Waals surface area (Å²) in [4.78, 5) is 10.8. The molecule has 4 heteroatoms. The van der Waals surface area contributed by atoms with Crippen molar-refractivity contribution < 1.29 is 9.90 Å². The van der Waals surface area contributed by atoms with Crippen molar-refractivity contribution in [2.45, 2.75) is 32.2 Å². The normalized spacial score (nSPS) is 15.6. The molecule has 2 rings (SSSR count). The van der Waals surface area contributed by atoms with Gasteiger partial charge in [-0.2, -0.15) is 0 Å². The number of carbonyl (C=O) groups is 1. The van der Waals surface area contributed by atoms with Crippen molar-refractivity contribution in [2.24, 2.45) is 5.92 Å². The third-order valence-corrected chi connectivity index (χ3v) is 3.35. The monoisotopic (exact) mass is 234 g/mol. The molecule has 0 heterocycles. The van der Waals surface area contributed by atoms with Crippen LogP contribution in [0.2, 0.25) is 0 Å². The van der Waals surface area contributed by atoms with E-state index in [1.807, 2.05) is 0 Å². The Balaban J connectivity index is 2.19. The van der Waals surface area contributed by atoms with Crippen LogP contribution >= 0.6 is 0 Å². The van der Waals surface area contributed by atoms with Crippen molar-refractivity contribution in [3.8, 4) is 0 Å². The highest BCUT2D eigenvalue weighted by molar-refractivity contribution is 5.90. The van der Waals surface area contributed by atoms with Gasteiger partial charge in [-0.25, -0.2) is 4.79 Å². The quantitative estimate of drug-likeness (QED) is 0.700. The minimum absolute atomic E-state index is 0.0128. The molecule has 1 aliphatic rings. The van der Waals surface area contributed by atoms with Crippen molar-refractivity contribution >= 4 is 17.3 Å². The summed E-state index contributed by atoms with van der Waals surface area (Å²) in [6, 6.07) is 4.81. The standard InChI is InChI=1S/C13H18N2O2/c1-13(2,9-4-5-9)15-11-6-3-8(12(16)17)7-10(11)14/h3,6-7,9,15H,4-5,14H2,1-2H3,(H,16,17). The zero-order valence-electron chi connectivity index (χ0n) is 10.2. The fourth-order valence-corrected chi connectivity index (χ4v) is 2.06. The third-order valence-electron chi connectivity index (χ3n) is 3.35. The van der Waals surface area contributed by atoms with Crippen LogP contribution in [0.1, 0.15) is 37.0 Å². The van der Waals surface area contributed by atoms with Gasteiger partial charge in [0, 0.05) is 5.54 Å². The van der Waals surface area contributed by atoms with Crippen LogP contribution in [0.15, 0.2) is 18.2 Å². The Hall–Kier alpha value is -1.71. The SMILES string of the molecule is CC(C)(Nc1ccc(C(=O)O)cc1N)C1CC1. The average molecular weight is 234 g/mol. The first-order chi connectivity index (χ1) is 7.90. The Morgan fingerprint density at radius 3 is 2.59 bits per heavy atom. The number of carboxylic acid groups (broad SMARTS) is 1. The average Bonchev–Trinajstić information content (AvgIpc) is 3.04. The number of nitrogens with two attached hydrogens (primary N) is 1. The van der Waals surface area contributed by atoms with Gasteiger partial charge in [-0.1, -0.05) is 0 Å². The number of benzene rings is 1. The van der Waals surface area contributed by atoms with Crippen molar-refractivity contribution in [2.75, 3.05) is 11.1 Å². The molecule has 1 aromatic rings. The molecule has 1 fully saturated rings. The van der Waals surface area contributed by atoms with E-state index in [-0.39, 0.29) is 11.1 Å². The van der Waals surface area contributed by atoms with Crippen LogP contribution in [0.25, 0.3) is 0 Å². The Kier molecular flexibility index (Phi) is 2.73. The van der Waals surface area contributed by atoms with Gasteiger partial charge in [-0.05, 0) is 50.8 Å². The van der Waals surface area contributed by atoms with Gasteiger partial charge >= 0.3 is 5.97 Å². The Labute approximate surface area is 101 Å². The van der Waals surface area contributed by atoms with Gasteiger partial charge in [-0.15, -0.1) is 0 Å². The number of carboxylic acids is 1. The lowest BCUT2D eigenvalue weighted by Crippen LogP contribution is -2.33. The van der Waals surface area contributed by atoms with Crippen LogP contribution in [0.3, 0.4) is 0 Å². The number of anilines is 2. The molecule has 0 unspecified atom stereocenters. The second-order valence-corrected chi connectivity index (χ2v) is 5.23. The molecule has 92 valence electrons. The molecule has 0 bridgehead atoms. The summed E-state index contributed by atoms with van der Waals surface area (Å²) >= 11 is 0. The summed E-state index contributed by atoms with van der Waals surface area (Å²) in [5.41, 5.74) is 7.39. The van der Waals surface area contributed by atoms with E-state index in [0.29, 0.717) is 11.6 Å². The van der Waals surface area contributed by atoms with Crippen LogP contribution in [0.4, 0.5) is 11.4 Å². The van der Waals surface area contributed by atoms with Crippen LogP contribution in [0.5, 0.6) is 0 Å². The van der Waals surface area contributed by atoms with E-state index in [2.05, 4.69) is 19.2 Å². The van der Waals surface area contributed by atoms with E-state index in [9.17, 15) is 4.79 Å². The van der Waals surface area contributed by atoms with E-state index in [4.69, 9.17) is 10.8 Å². The number of nitrogen functional groups attached to an aromatic ring is 1. The summed E-state index contributed by atoms with van der Waals surface area (Å²) in [5.74, 6) is -0.272. The molecule has 4 nitrogen and oxygen atoms in total. The Morgan fingerprint density at radius 2 is 2.12 bits per heavy atom. The summed E-state index contributed by atoms with van der Waals surface area (Å²) in [6.45, 7) is 4.30. The van der Waals surface area contributed by atoms with Crippen molar-refractivity contribution in [3.63, 3.8) is 0 Å². The van der Waals surface area contributed by atoms with E-state index in [1.54, 1.807) is 12.1 Å². The highest BCUT2D eigenvalue weighted by Crippen LogP contribution is 2.41. The molecule has 0 radical (unpaired) electrons. The van der Waals surface area contributed by atoms with Gasteiger partial charge in [0.05, 0.1) is 16.9 Å². The summed E-state index contributed by atoms with van der Waals surface area (Å²) in [7, 11) is 0. The third kappa shape index (κ3) is 2.52. The highest BCUT2D eigenvalue weighted by Gasteiger charge is 2.37. The van der Waals surface area contributed by atoms with Gasteiger partial charge in [-0.3, -0.25) is 0 Å². The maximum atomic E-state index is 10.8. The van der Waals surface area contributed by atoms with Crippen LogP contribution < -0.4 is 11.1 Å². The zero-order chi connectivity index (χ0) is 12.6. The van der Waals surface area contributed by atoms with Crippen molar-refractivity contribution in [1.82, 2.24) is 0 Å². The number of nitrogens with one attached hydrogen (secondary N) is 1. The summed E-state index contributed by atoms with van der Waals surface area (Å²) in [6.07, 6.45) is 2.49. The zero-order valence-corrected chi connectivity index (χ0v) is 10.2. The first-order valence-electron chi connectivity index (χ1n) is 5.81. The Bertz CT molecular complexity index is 451. The second kappa shape index (κ2) is 3.95. The van der Waals surface area contributed by atoms with Gasteiger partial charge in [0.15, 0.2) is 0 Å². The predicted molar refractivity (Wildman–Crippen MR) is 68.2 cm³/mol. The smallest absolute Gasteiger partial charge is 0.335 e. The molecular formula is C13H18N2O2. The molecule has 0 amide bonds. The molecule has 1 saturated carbocycles. The van der Waals surface area contributed by atoms with Crippen molar-refractivity contribution in [1.29, 1.82) is 0 Å². The second-order valence-electron chi connectivity index (χ2n) is 5.23. The molecule has 0 atom stereocenters. The lowest BCUT2D eigenvalue weighted by molar-refractivity contribution is 0.0697. The molecule has 4 N–H and O–H groups in total. The molecule has 1 aliphatic carbocycles. The lowest BCUT2D eigenvalue weighted by Gasteiger charge is -2.28. The maximum Gasteiger partial charge on any atom is 0.335 e. The highest BCUT2D eigenvalue weighted by atomic mass is 16.4. The van der Waals surface area contributed by atoms with Gasteiger partial charge < -0.3 is 16.2 Å². The van der Waals surface area contributed by atoms with Crippen molar-refractivity contribution in [3.05, 3.63) is 23.8 Å². The van der Waals surface area contributed by atoms with E-state index in [1.165, 1.54) is 18.9 Å². The fourth-order valence-electron chi connectivity index (χ4n) is 2.06. The van der Waals surface area contributed by atoms with E-state index < -0.39 is 5.97 Å².